The van der Waals surface area contributed by atoms with Crippen molar-refractivity contribution in [2.45, 2.75) is 48.5 Å². The summed E-state index contributed by atoms with van der Waals surface area (Å²) in [4.78, 5) is 0. The molecule has 2 aliphatic rings. The van der Waals surface area contributed by atoms with Crippen LogP contribution in [0.2, 0.25) is 0 Å². The Balaban J connectivity index is 1.72. The van der Waals surface area contributed by atoms with Crippen LogP contribution in [0.3, 0.4) is 0 Å². The molecule has 0 aliphatic carbocycles. The molecule has 0 saturated carbocycles. The predicted molar refractivity (Wildman–Crippen MR) is 95.8 cm³/mol. The van der Waals surface area contributed by atoms with Gasteiger partial charge < -0.3 is 9.84 Å². The molecule has 116 valence electrons. The van der Waals surface area contributed by atoms with Crippen LogP contribution in [0, 0.1) is 0 Å². The van der Waals surface area contributed by atoms with E-state index in [1.54, 1.807) is 0 Å². The summed E-state index contributed by atoms with van der Waals surface area (Å²) < 4.78 is 6.85. The third-order valence-electron chi connectivity index (χ3n) is 4.26. The summed E-state index contributed by atoms with van der Waals surface area (Å²) in [7, 11) is 0. The van der Waals surface area contributed by atoms with Crippen LogP contribution in [0.25, 0.3) is 0 Å². The number of fused-ring (bicyclic) bond motifs is 1. The average Bonchev–Trinajstić information content (AvgIpc) is 2.90. The van der Waals surface area contributed by atoms with Crippen LogP contribution < -0.4 is 4.74 Å². The molecule has 0 spiro atoms. The number of rotatable bonds is 3. The number of thioether (sulfide) groups is 2. The van der Waals surface area contributed by atoms with E-state index in [0.717, 1.165) is 34.6 Å². The number of hydrogen-bond acceptors (Lipinski definition) is 4. The Hall–Kier alpha value is 0.160. The summed E-state index contributed by atoms with van der Waals surface area (Å²) in [6.07, 6.45) is 1.35. The lowest BCUT2D eigenvalue weighted by atomic mass is 10.0. The molecule has 2 aliphatic heterocycles. The minimum Gasteiger partial charge on any atom is -0.493 e. The van der Waals surface area contributed by atoms with Crippen molar-refractivity contribution >= 4 is 39.5 Å². The Kier molecular flexibility index (Phi) is 5.14. The molecule has 0 radical (unpaired) electrons. The lowest BCUT2D eigenvalue weighted by molar-refractivity contribution is 0.175. The molecule has 0 aromatic heterocycles. The lowest BCUT2D eigenvalue weighted by Crippen LogP contribution is -2.35. The van der Waals surface area contributed by atoms with Gasteiger partial charge in [0.25, 0.3) is 0 Å². The SMILES string of the molecule is CC1SCC(C(O)Cc2cc(Br)cc3c2OCC3)SC1C. The van der Waals surface area contributed by atoms with E-state index in [9.17, 15) is 5.11 Å². The Morgan fingerprint density at radius 3 is 2.95 bits per heavy atom. The van der Waals surface area contributed by atoms with Crippen molar-refractivity contribution in [1.29, 1.82) is 0 Å². The predicted octanol–water partition coefficient (Wildman–Crippen LogP) is 3.91. The normalized spacial score (nSPS) is 29.8. The quantitative estimate of drug-likeness (QED) is 0.849. The molecule has 0 amide bonds. The van der Waals surface area contributed by atoms with Gasteiger partial charge in [0, 0.05) is 38.8 Å². The molecule has 21 heavy (non-hydrogen) atoms. The van der Waals surface area contributed by atoms with E-state index in [4.69, 9.17) is 4.74 Å². The molecule has 1 saturated heterocycles. The second-order valence-corrected chi connectivity index (χ2v) is 9.79. The van der Waals surface area contributed by atoms with Crippen LogP contribution >= 0.6 is 39.5 Å². The smallest absolute Gasteiger partial charge is 0.125 e. The molecule has 1 aromatic carbocycles. The van der Waals surface area contributed by atoms with Crippen molar-refractivity contribution in [3.05, 3.63) is 27.7 Å². The second kappa shape index (κ2) is 6.73. The van der Waals surface area contributed by atoms with E-state index >= 15 is 0 Å². The molecule has 4 atom stereocenters. The minimum absolute atomic E-state index is 0.306. The van der Waals surface area contributed by atoms with E-state index < -0.39 is 0 Å². The number of aliphatic hydroxyl groups is 1. The molecular weight excluding hydrogens is 368 g/mol. The molecule has 4 unspecified atom stereocenters. The summed E-state index contributed by atoms with van der Waals surface area (Å²) >= 11 is 7.49. The molecule has 1 fully saturated rings. The monoisotopic (exact) mass is 388 g/mol. The summed E-state index contributed by atoms with van der Waals surface area (Å²) in [5.74, 6) is 2.04. The first kappa shape index (κ1) is 16.0. The van der Waals surface area contributed by atoms with E-state index in [-0.39, 0.29) is 6.10 Å². The lowest BCUT2D eigenvalue weighted by Gasteiger charge is -2.34. The van der Waals surface area contributed by atoms with Gasteiger partial charge in [-0.15, -0.1) is 0 Å². The van der Waals surface area contributed by atoms with Gasteiger partial charge in [-0.25, -0.2) is 0 Å². The highest BCUT2D eigenvalue weighted by Gasteiger charge is 2.31. The third kappa shape index (κ3) is 3.57. The molecular formula is C16H21BrO2S2. The maximum absolute atomic E-state index is 10.6. The van der Waals surface area contributed by atoms with Gasteiger partial charge in [0.15, 0.2) is 0 Å². The van der Waals surface area contributed by atoms with Gasteiger partial charge in [0.05, 0.1) is 12.7 Å². The van der Waals surface area contributed by atoms with Crippen molar-refractivity contribution in [2.24, 2.45) is 0 Å². The summed E-state index contributed by atoms with van der Waals surface area (Å²) in [6, 6.07) is 4.23. The zero-order chi connectivity index (χ0) is 15.0. The van der Waals surface area contributed by atoms with Crippen molar-refractivity contribution in [2.75, 3.05) is 12.4 Å². The fraction of sp³-hybridized carbons (Fsp3) is 0.625. The first-order valence-electron chi connectivity index (χ1n) is 7.44. The molecule has 2 nitrogen and oxygen atoms in total. The fourth-order valence-electron chi connectivity index (χ4n) is 2.86. The van der Waals surface area contributed by atoms with Crippen LogP contribution in [-0.4, -0.2) is 39.3 Å². The zero-order valence-electron chi connectivity index (χ0n) is 12.3. The number of hydrogen-bond donors (Lipinski definition) is 1. The van der Waals surface area contributed by atoms with Gasteiger partial charge in [-0.05, 0) is 23.3 Å². The van der Waals surface area contributed by atoms with Crippen LogP contribution in [0.1, 0.15) is 25.0 Å². The molecule has 0 bridgehead atoms. The number of benzene rings is 1. The van der Waals surface area contributed by atoms with Crippen molar-refractivity contribution in [3.63, 3.8) is 0 Å². The Bertz CT molecular complexity index is 523. The van der Waals surface area contributed by atoms with E-state index in [2.05, 4.69) is 41.9 Å². The van der Waals surface area contributed by atoms with Crippen molar-refractivity contribution in [1.82, 2.24) is 0 Å². The molecule has 3 rings (SSSR count). The van der Waals surface area contributed by atoms with Crippen LogP contribution in [0.15, 0.2) is 16.6 Å². The van der Waals surface area contributed by atoms with Gasteiger partial charge in [-0.1, -0.05) is 29.8 Å². The van der Waals surface area contributed by atoms with Crippen LogP contribution in [0.4, 0.5) is 0 Å². The van der Waals surface area contributed by atoms with Gasteiger partial charge in [-0.2, -0.15) is 23.5 Å². The first-order valence-corrected chi connectivity index (χ1v) is 10.2. The molecule has 5 heteroatoms. The van der Waals surface area contributed by atoms with Gasteiger partial charge in [0.1, 0.15) is 5.75 Å². The number of aliphatic hydroxyl groups excluding tert-OH is 1. The van der Waals surface area contributed by atoms with Crippen LogP contribution in [-0.2, 0) is 12.8 Å². The van der Waals surface area contributed by atoms with Crippen molar-refractivity contribution in [3.8, 4) is 5.75 Å². The highest BCUT2D eigenvalue weighted by molar-refractivity contribution is 9.10. The van der Waals surface area contributed by atoms with Gasteiger partial charge in [-0.3, -0.25) is 0 Å². The Morgan fingerprint density at radius 1 is 1.38 bits per heavy atom. The molecule has 2 heterocycles. The molecule has 1 N–H and O–H groups in total. The maximum Gasteiger partial charge on any atom is 0.125 e. The summed E-state index contributed by atoms with van der Waals surface area (Å²) in [5.41, 5.74) is 2.40. The van der Waals surface area contributed by atoms with Crippen molar-refractivity contribution < 1.29 is 9.84 Å². The average molecular weight is 389 g/mol. The number of halogens is 1. The summed E-state index contributed by atoms with van der Waals surface area (Å²) in [6.45, 7) is 5.30. The van der Waals surface area contributed by atoms with Crippen LogP contribution in [0.5, 0.6) is 5.75 Å². The topological polar surface area (TPSA) is 29.5 Å². The second-order valence-electron chi connectivity index (χ2n) is 5.84. The van der Waals surface area contributed by atoms with E-state index in [1.807, 2.05) is 23.5 Å². The largest absolute Gasteiger partial charge is 0.493 e. The third-order valence-corrected chi connectivity index (χ3v) is 8.25. The standard InChI is InChI=1S/C16H21BrO2S2/c1-9-10(2)21-15(8-20-9)14(18)7-12-6-13(17)5-11-3-4-19-16(11)12/h5-6,9-10,14-15,18H,3-4,7-8H2,1-2H3. The van der Waals surface area contributed by atoms with E-state index in [1.165, 1.54) is 5.56 Å². The highest BCUT2D eigenvalue weighted by Crippen LogP contribution is 2.39. The number of ether oxygens (including phenoxy) is 1. The van der Waals surface area contributed by atoms with Gasteiger partial charge in [0.2, 0.25) is 0 Å². The minimum atomic E-state index is -0.306. The maximum atomic E-state index is 10.6. The first-order chi connectivity index (χ1) is 10.0. The fourth-order valence-corrected chi connectivity index (χ4v) is 6.43. The summed E-state index contributed by atoms with van der Waals surface area (Å²) in [5, 5.41) is 12.2. The molecule has 1 aromatic rings. The zero-order valence-corrected chi connectivity index (χ0v) is 15.6. The Labute approximate surface area is 143 Å². The Morgan fingerprint density at radius 2 is 2.19 bits per heavy atom. The highest BCUT2D eigenvalue weighted by atomic mass is 79.9. The van der Waals surface area contributed by atoms with Gasteiger partial charge >= 0.3 is 0 Å². The van der Waals surface area contributed by atoms with E-state index in [0.29, 0.717) is 22.2 Å².